The quantitative estimate of drug-likeness (QED) is 0.429. The third kappa shape index (κ3) is 6.05. The predicted molar refractivity (Wildman–Crippen MR) is 58.7 cm³/mol. The summed E-state index contributed by atoms with van der Waals surface area (Å²) < 4.78 is 5.24. The van der Waals surface area contributed by atoms with Crippen molar-refractivity contribution in [1.29, 1.82) is 0 Å². The molecule has 0 N–H and O–H groups in total. The van der Waals surface area contributed by atoms with Crippen molar-refractivity contribution in [2.45, 2.75) is 52.1 Å². The van der Waals surface area contributed by atoms with Gasteiger partial charge in [-0.3, -0.25) is 0 Å². The Hall–Kier alpha value is -0.0831. The number of hydrogen-bond acceptors (Lipinski definition) is 1. The molecule has 0 saturated heterocycles. The summed E-state index contributed by atoms with van der Waals surface area (Å²) in [6.45, 7) is 8.22. The van der Waals surface area contributed by atoms with Crippen LogP contribution in [0.25, 0.3) is 0 Å². The number of rotatable bonds is 8. The van der Waals surface area contributed by atoms with E-state index in [9.17, 15) is 0 Å². The Morgan fingerprint density at radius 1 is 1.46 bits per heavy atom. The molecule has 0 bridgehead atoms. The highest BCUT2D eigenvalue weighted by molar-refractivity contribution is 5.98. The average Bonchev–Trinajstić information content (AvgIpc) is 2.19. The Morgan fingerprint density at radius 3 is 2.54 bits per heavy atom. The molecule has 0 heterocycles. The largest absolute Gasteiger partial charge is 0.416 e. The van der Waals surface area contributed by atoms with Crippen molar-refractivity contribution in [3.05, 3.63) is 12.7 Å². The summed E-state index contributed by atoms with van der Waals surface area (Å²) in [4.78, 5) is 0. The van der Waals surface area contributed by atoms with Gasteiger partial charge in [-0.1, -0.05) is 32.8 Å². The first kappa shape index (κ1) is 12.9. The molecule has 2 atom stereocenters. The van der Waals surface area contributed by atoms with E-state index in [1.165, 1.54) is 12.8 Å². The smallest absolute Gasteiger partial charge is 0.246 e. The zero-order valence-corrected chi connectivity index (χ0v) is 9.88. The molecule has 2 heteroatoms. The second kappa shape index (κ2) is 8.51. The van der Waals surface area contributed by atoms with E-state index in [4.69, 9.17) is 4.43 Å². The van der Waals surface area contributed by atoms with Crippen molar-refractivity contribution in [3.8, 4) is 0 Å². The van der Waals surface area contributed by atoms with Crippen LogP contribution >= 0.6 is 0 Å². The van der Waals surface area contributed by atoms with Crippen molar-refractivity contribution < 1.29 is 4.43 Å². The predicted octanol–water partition coefficient (Wildman–Crippen LogP) is 3.25. The molecule has 13 heavy (non-hydrogen) atoms. The molecule has 0 aliphatic rings. The Labute approximate surface area is 86.1 Å². The third-order valence-corrected chi connectivity index (χ3v) is 2.80. The third-order valence-electron chi connectivity index (χ3n) is 2.47. The van der Waals surface area contributed by atoms with Crippen LogP contribution in [0.2, 0.25) is 0 Å². The van der Waals surface area contributed by atoms with Gasteiger partial charge < -0.3 is 4.43 Å². The molecule has 0 saturated carbocycles. The molecule has 0 aromatic rings. The van der Waals surface area contributed by atoms with E-state index in [1.807, 2.05) is 6.08 Å². The van der Waals surface area contributed by atoms with Crippen molar-refractivity contribution in [2.75, 3.05) is 0 Å². The molecule has 0 spiro atoms. The number of hydrogen-bond donors (Lipinski definition) is 0. The van der Waals surface area contributed by atoms with Gasteiger partial charge >= 0.3 is 0 Å². The van der Waals surface area contributed by atoms with Crippen molar-refractivity contribution in [2.24, 2.45) is 5.92 Å². The molecule has 0 aromatic heterocycles. The lowest BCUT2D eigenvalue weighted by molar-refractivity contribution is 0.178. The van der Waals surface area contributed by atoms with Crippen LogP contribution in [0.15, 0.2) is 12.7 Å². The summed E-state index contributed by atoms with van der Waals surface area (Å²) in [6.07, 6.45) is 8.24. The summed E-state index contributed by atoms with van der Waals surface area (Å²) >= 11 is 0. The molecule has 2 unspecified atom stereocenters. The SMILES string of the molecule is C=CC(CC)CC(CCCC)O[Si]. The lowest BCUT2D eigenvalue weighted by atomic mass is 9.96. The van der Waals surface area contributed by atoms with Crippen LogP contribution in [0.1, 0.15) is 46.0 Å². The summed E-state index contributed by atoms with van der Waals surface area (Å²) in [6, 6.07) is 0. The minimum absolute atomic E-state index is 0.347. The highest BCUT2D eigenvalue weighted by Crippen LogP contribution is 2.17. The van der Waals surface area contributed by atoms with E-state index in [-0.39, 0.29) is 0 Å². The van der Waals surface area contributed by atoms with Crippen LogP contribution in [0.3, 0.4) is 0 Å². The molecule has 0 fully saturated rings. The van der Waals surface area contributed by atoms with Crippen molar-refractivity contribution in [1.82, 2.24) is 0 Å². The van der Waals surface area contributed by atoms with Crippen molar-refractivity contribution >= 4 is 10.5 Å². The van der Waals surface area contributed by atoms with Gasteiger partial charge in [-0.15, -0.1) is 6.58 Å². The Balaban J connectivity index is 3.73. The lowest BCUT2D eigenvalue weighted by Crippen LogP contribution is -2.15. The number of allylic oxidation sites excluding steroid dienone is 1. The molecular weight excluding hydrogens is 176 g/mol. The first-order chi connectivity index (χ1) is 6.28. The average molecular weight is 197 g/mol. The lowest BCUT2D eigenvalue weighted by Gasteiger charge is -2.19. The highest BCUT2D eigenvalue weighted by Gasteiger charge is 2.11. The second-order valence-electron chi connectivity index (χ2n) is 3.52. The minimum atomic E-state index is 0.347. The van der Waals surface area contributed by atoms with E-state index in [1.54, 1.807) is 0 Å². The van der Waals surface area contributed by atoms with Gasteiger partial charge in [0.25, 0.3) is 0 Å². The molecule has 0 aromatic carbocycles. The van der Waals surface area contributed by atoms with Gasteiger partial charge in [0.05, 0.1) is 0 Å². The van der Waals surface area contributed by atoms with Crippen LogP contribution < -0.4 is 0 Å². The molecule has 0 aliphatic heterocycles. The van der Waals surface area contributed by atoms with Gasteiger partial charge in [-0.2, -0.15) is 0 Å². The molecular formula is C11H21OSi. The monoisotopic (exact) mass is 197 g/mol. The van der Waals surface area contributed by atoms with Crippen LogP contribution in [0.5, 0.6) is 0 Å². The summed E-state index contributed by atoms with van der Waals surface area (Å²) in [5.74, 6) is 0.596. The van der Waals surface area contributed by atoms with Gasteiger partial charge in [-0.25, -0.2) is 0 Å². The number of unbranched alkanes of at least 4 members (excludes halogenated alkanes) is 1. The summed E-state index contributed by atoms with van der Waals surface area (Å²) in [5, 5.41) is 0. The van der Waals surface area contributed by atoms with Crippen molar-refractivity contribution in [3.63, 3.8) is 0 Å². The molecule has 0 aliphatic carbocycles. The van der Waals surface area contributed by atoms with E-state index in [2.05, 4.69) is 30.9 Å². The Morgan fingerprint density at radius 2 is 2.15 bits per heavy atom. The first-order valence-electron chi connectivity index (χ1n) is 5.23. The molecule has 1 nitrogen and oxygen atoms in total. The van der Waals surface area contributed by atoms with Gasteiger partial charge in [-0.05, 0) is 25.2 Å². The Bertz CT molecular complexity index is 125. The molecule has 3 radical (unpaired) electrons. The zero-order chi connectivity index (χ0) is 10.1. The van der Waals surface area contributed by atoms with Crippen LogP contribution in [-0.4, -0.2) is 16.6 Å². The second-order valence-corrected chi connectivity index (χ2v) is 3.76. The summed E-state index contributed by atoms with van der Waals surface area (Å²) in [7, 11) is 3.15. The topological polar surface area (TPSA) is 9.23 Å². The van der Waals surface area contributed by atoms with Crippen LogP contribution in [0.4, 0.5) is 0 Å². The van der Waals surface area contributed by atoms with E-state index in [0.717, 1.165) is 19.3 Å². The maximum Gasteiger partial charge on any atom is 0.246 e. The zero-order valence-electron chi connectivity index (χ0n) is 8.88. The fourth-order valence-corrected chi connectivity index (χ4v) is 1.64. The van der Waals surface area contributed by atoms with Gasteiger partial charge in [0.2, 0.25) is 10.5 Å². The fraction of sp³-hybridized carbons (Fsp3) is 0.818. The summed E-state index contributed by atoms with van der Waals surface area (Å²) in [5.41, 5.74) is 0. The first-order valence-corrected chi connectivity index (χ1v) is 5.64. The molecule has 75 valence electrons. The maximum atomic E-state index is 5.24. The molecule has 0 amide bonds. The van der Waals surface area contributed by atoms with Gasteiger partial charge in [0.1, 0.15) is 0 Å². The Kier molecular flexibility index (Phi) is 8.46. The highest BCUT2D eigenvalue weighted by atomic mass is 28.2. The standard InChI is InChI=1S/C11H21OSi/c1-4-7-8-11(12-13)9-10(5-2)6-3/h5,10-11H,2,4,6-9H2,1,3H3. The van der Waals surface area contributed by atoms with E-state index < -0.39 is 0 Å². The normalized spacial score (nSPS) is 15.3. The van der Waals surface area contributed by atoms with Crippen LogP contribution in [-0.2, 0) is 4.43 Å². The van der Waals surface area contributed by atoms with Gasteiger partial charge in [0, 0.05) is 6.10 Å². The van der Waals surface area contributed by atoms with E-state index >= 15 is 0 Å². The maximum absolute atomic E-state index is 5.24. The van der Waals surface area contributed by atoms with Crippen LogP contribution in [0, 0.1) is 5.92 Å². The van der Waals surface area contributed by atoms with E-state index in [0.29, 0.717) is 12.0 Å². The fourth-order valence-electron chi connectivity index (χ4n) is 1.42. The minimum Gasteiger partial charge on any atom is -0.416 e. The molecule has 0 rings (SSSR count). The van der Waals surface area contributed by atoms with Gasteiger partial charge in [0.15, 0.2) is 0 Å².